The first kappa shape index (κ1) is 12.2. The Balaban J connectivity index is 2.31. The largest absolute Gasteiger partial charge is 0.481 e. The molecule has 0 radical (unpaired) electrons. The predicted octanol–water partition coefficient (Wildman–Crippen LogP) is 3.32. The first-order valence-corrected chi connectivity index (χ1v) is 6.45. The lowest BCUT2D eigenvalue weighted by Gasteiger charge is -2.15. The van der Waals surface area contributed by atoms with Crippen molar-refractivity contribution in [2.24, 2.45) is 0 Å². The quantitative estimate of drug-likeness (QED) is 0.864. The van der Waals surface area contributed by atoms with E-state index < -0.39 is 5.97 Å². The van der Waals surface area contributed by atoms with E-state index >= 15 is 0 Å². The summed E-state index contributed by atoms with van der Waals surface area (Å²) in [6.45, 7) is 4.45. The number of fused-ring (bicyclic) bond motifs is 1. The zero-order valence-electron chi connectivity index (χ0n) is 10.6. The van der Waals surface area contributed by atoms with Gasteiger partial charge in [-0.2, -0.15) is 0 Å². The number of benzene rings is 1. The van der Waals surface area contributed by atoms with Crippen LogP contribution in [0.25, 0.3) is 0 Å². The molecule has 2 rings (SSSR count). The van der Waals surface area contributed by atoms with Gasteiger partial charge in [0.25, 0.3) is 0 Å². The van der Waals surface area contributed by atoms with Crippen LogP contribution in [0.4, 0.5) is 0 Å². The van der Waals surface area contributed by atoms with Crippen LogP contribution in [0.2, 0.25) is 0 Å². The molecule has 0 saturated heterocycles. The molecule has 0 atom stereocenters. The molecule has 0 fully saturated rings. The van der Waals surface area contributed by atoms with Crippen molar-refractivity contribution >= 4 is 5.97 Å². The van der Waals surface area contributed by atoms with Crippen molar-refractivity contribution in [3.63, 3.8) is 0 Å². The van der Waals surface area contributed by atoms with E-state index in [9.17, 15) is 4.79 Å². The fourth-order valence-electron chi connectivity index (χ4n) is 2.82. The molecule has 2 heteroatoms. The van der Waals surface area contributed by atoms with Crippen LogP contribution in [0.1, 0.15) is 54.9 Å². The van der Waals surface area contributed by atoms with E-state index in [4.69, 9.17) is 5.11 Å². The standard InChI is InChI=1S/C15H20O2/c1-10(2)12-8-6-11(7-9-15(16)17)13-4-3-5-14(12)13/h6,8,10H,3-5,7,9H2,1-2H3,(H,16,17). The minimum Gasteiger partial charge on any atom is -0.481 e. The molecular weight excluding hydrogens is 212 g/mol. The van der Waals surface area contributed by atoms with Crippen LogP contribution < -0.4 is 0 Å². The summed E-state index contributed by atoms with van der Waals surface area (Å²) in [5.41, 5.74) is 5.65. The van der Waals surface area contributed by atoms with Crippen molar-refractivity contribution in [1.29, 1.82) is 0 Å². The van der Waals surface area contributed by atoms with E-state index in [2.05, 4.69) is 26.0 Å². The molecule has 0 saturated carbocycles. The highest BCUT2D eigenvalue weighted by molar-refractivity contribution is 5.67. The van der Waals surface area contributed by atoms with Gasteiger partial charge in [0.2, 0.25) is 0 Å². The molecular formula is C15H20O2. The maximum Gasteiger partial charge on any atom is 0.303 e. The van der Waals surface area contributed by atoms with E-state index in [0.29, 0.717) is 12.3 Å². The normalized spacial score (nSPS) is 14.1. The van der Waals surface area contributed by atoms with Crippen LogP contribution >= 0.6 is 0 Å². The average Bonchev–Trinajstić information content (AvgIpc) is 2.73. The van der Waals surface area contributed by atoms with Crippen molar-refractivity contribution in [2.45, 2.75) is 51.9 Å². The van der Waals surface area contributed by atoms with Gasteiger partial charge in [0, 0.05) is 6.42 Å². The maximum atomic E-state index is 10.6. The average molecular weight is 232 g/mol. The van der Waals surface area contributed by atoms with Crippen LogP contribution in [0, 0.1) is 0 Å². The molecule has 0 amide bonds. The van der Waals surface area contributed by atoms with Crippen molar-refractivity contribution in [3.05, 3.63) is 34.4 Å². The van der Waals surface area contributed by atoms with Crippen LogP contribution in [-0.4, -0.2) is 11.1 Å². The van der Waals surface area contributed by atoms with Gasteiger partial charge < -0.3 is 5.11 Å². The first-order chi connectivity index (χ1) is 8.09. The molecule has 2 nitrogen and oxygen atoms in total. The summed E-state index contributed by atoms with van der Waals surface area (Å²) in [7, 11) is 0. The van der Waals surface area contributed by atoms with Crippen molar-refractivity contribution < 1.29 is 9.90 Å². The molecule has 1 aromatic rings. The summed E-state index contributed by atoms with van der Waals surface area (Å²) in [4.78, 5) is 10.6. The Morgan fingerprint density at radius 3 is 2.65 bits per heavy atom. The molecule has 0 unspecified atom stereocenters. The number of rotatable bonds is 4. The Bertz CT molecular complexity index is 433. The summed E-state index contributed by atoms with van der Waals surface area (Å²) in [5.74, 6) is -0.139. The lowest BCUT2D eigenvalue weighted by atomic mass is 9.90. The summed E-state index contributed by atoms with van der Waals surface area (Å²) < 4.78 is 0. The first-order valence-electron chi connectivity index (χ1n) is 6.45. The number of hydrogen-bond donors (Lipinski definition) is 1. The number of carboxylic acid groups (broad SMARTS) is 1. The summed E-state index contributed by atoms with van der Waals surface area (Å²) >= 11 is 0. The molecule has 17 heavy (non-hydrogen) atoms. The monoisotopic (exact) mass is 232 g/mol. The van der Waals surface area contributed by atoms with Crippen molar-refractivity contribution in [3.8, 4) is 0 Å². The third-order valence-electron chi connectivity index (χ3n) is 3.65. The molecule has 0 heterocycles. The van der Waals surface area contributed by atoms with Gasteiger partial charge in [-0.3, -0.25) is 4.79 Å². The third-order valence-corrected chi connectivity index (χ3v) is 3.65. The summed E-state index contributed by atoms with van der Waals surface area (Å²) in [6.07, 6.45) is 4.44. The zero-order valence-corrected chi connectivity index (χ0v) is 10.6. The minimum absolute atomic E-state index is 0.244. The third kappa shape index (κ3) is 2.51. The van der Waals surface area contributed by atoms with E-state index in [-0.39, 0.29) is 6.42 Å². The highest BCUT2D eigenvalue weighted by Crippen LogP contribution is 2.32. The maximum absolute atomic E-state index is 10.6. The highest BCUT2D eigenvalue weighted by Gasteiger charge is 2.19. The molecule has 0 bridgehead atoms. The molecule has 0 aromatic heterocycles. The van der Waals surface area contributed by atoms with Crippen molar-refractivity contribution in [1.82, 2.24) is 0 Å². The van der Waals surface area contributed by atoms with E-state index in [1.165, 1.54) is 35.1 Å². The van der Waals surface area contributed by atoms with Gasteiger partial charge in [-0.25, -0.2) is 0 Å². The van der Waals surface area contributed by atoms with Crippen molar-refractivity contribution in [2.75, 3.05) is 0 Å². The summed E-state index contributed by atoms with van der Waals surface area (Å²) in [5, 5.41) is 8.77. The zero-order chi connectivity index (χ0) is 12.4. The number of carboxylic acids is 1. The molecule has 1 aliphatic rings. The lowest BCUT2D eigenvalue weighted by molar-refractivity contribution is -0.136. The lowest BCUT2D eigenvalue weighted by Crippen LogP contribution is -2.03. The van der Waals surface area contributed by atoms with Gasteiger partial charge >= 0.3 is 5.97 Å². The smallest absolute Gasteiger partial charge is 0.303 e. The SMILES string of the molecule is CC(C)c1ccc(CCC(=O)O)c2c1CCC2. The molecule has 0 spiro atoms. The van der Waals surface area contributed by atoms with Gasteiger partial charge in [0.1, 0.15) is 0 Å². The van der Waals surface area contributed by atoms with Gasteiger partial charge in [-0.05, 0) is 53.9 Å². The number of aryl methyl sites for hydroxylation is 1. The number of carbonyl (C=O) groups is 1. The molecule has 1 aromatic carbocycles. The summed E-state index contributed by atoms with van der Waals surface area (Å²) in [6, 6.07) is 4.34. The minimum atomic E-state index is -0.704. The van der Waals surface area contributed by atoms with Gasteiger partial charge in [0.15, 0.2) is 0 Å². The van der Waals surface area contributed by atoms with Crippen LogP contribution in [0.3, 0.4) is 0 Å². The number of hydrogen-bond acceptors (Lipinski definition) is 1. The van der Waals surface area contributed by atoms with E-state index in [0.717, 1.165) is 6.42 Å². The Kier molecular flexibility index (Phi) is 3.51. The predicted molar refractivity (Wildman–Crippen MR) is 68.5 cm³/mol. The fraction of sp³-hybridized carbons (Fsp3) is 0.533. The van der Waals surface area contributed by atoms with E-state index in [1.807, 2.05) is 0 Å². The van der Waals surface area contributed by atoms with Gasteiger partial charge in [-0.15, -0.1) is 0 Å². The van der Waals surface area contributed by atoms with Gasteiger partial charge in [-0.1, -0.05) is 26.0 Å². The van der Waals surface area contributed by atoms with Gasteiger partial charge in [0.05, 0.1) is 0 Å². The fourth-order valence-corrected chi connectivity index (χ4v) is 2.82. The molecule has 1 aliphatic carbocycles. The second-order valence-corrected chi connectivity index (χ2v) is 5.17. The Labute approximate surface area is 103 Å². The highest BCUT2D eigenvalue weighted by atomic mass is 16.4. The topological polar surface area (TPSA) is 37.3 Å². The van der Waals surface area contributed by atoms with Crippen LogP contribution in [-0.2, 0) is 24.1 Å². The molecule has 0 aliphatic heterocycles. The second kappa shape index (κ2) is 4.91. The molecule has 1 N–H and O–H groups in total. The Hall–Kier alpha value is -1.31. The second-order valence-electron chi connectivity index (χ2n) is 5.17. The van der Waals surface area contributed by atoms with Crippen LogP contribution in [0.15, 0.2) is 12.1 Å². The molecule has 92 valence electrons. The Morgan fingerprint density at radius 1 is 1.29 bits per heavy atom. The van der Waals surface area contributed by atoms with Crippen LogP contribution in [0.5, 0.6) is 0 Å². The Morgan fingerprint density at radius 2 is 2.00 bits per heavy atom. The van der Waals surface area contributed by atoms with E-state index in [1.54, 1.807) is 0 Å². The number of aliphatic carboxylic acids is 1.